The van der Waals surface area contributed by atoms with Crippen molar-refractivity contribution >= 4 is 17.5 Å². The van der Waals surface area contributed by atoms with Crippen molar-refractivity contribution in [2.45, 2.75) is 25.9 Å². The molecular weight excluding hydrogens is 392 g/mol. The Morgan fingerprint density at radius 3 is 2.58 bits per heavy atom. The molecule has 160 valence electrons. The molecule has 2 amide bonds. The van der Waals surface area contributed by atoms with E-state index in [0.29, 0.717) is 13.1 Å². The van der Waals surface area contributed by atoms with Gasteiger partial charge in [-0.15, -0.1) is 5.10 Å². The highest BCUT2D eigenvalue weighted by Gasteiger charge is 2.32. The fourth-order valence-electron chi connectivity index (χ4n) is 3.80. The Kier molecular flexibility index (Phi) is 6.26. The lowest BCUT2D eigenvalue weighted by atomic mass is 10.0. The first kappa shape index (κ1) is 20.6. The molecule has 2 aromatic carbocycles. The van der Waals surface area contributed by atoms with Gasteiger partial charge in [0.05, 0.1) is 12.6 Å². The van der Waals surface area contributed by atoms with Crippen LogP contribution in [-0.2, 0) is 6.54 Å². The predicted molar refractivity (Wildman–Crippen MR) is 118 cm³/mol. The monoisotopic (exact) mass is 418 g/mol. The number of para-hydroxylation sites is 1. The van der Waals surface area contributed by atoms with Crippen LogP contribution in [-0.4, -0.2) is 46.4 Å². The van der Waals surface area contributed by atoms with Crippen LogP contribution < -0.4 is 15.5 Å². The fourth-order valence-corrected chi connectivity index (χ4v) is 3.80. The summed E-state index contributed by atoms with van der Waals surface area (Å²) in [7, 11) is 0. The molecule has 0 saturated carbocycles. The SMILES string of the molecule is CCN(CCCNC(=O)c1nnn2c1C(=O)N[C@@H](c1ccccc1)C2)c1ccccc1. The maximum absolute atomic E-state index is 12.7. The molecule has 8 heteroatoms. The van der Waals surface area contributed by atoms with Crippen molar-refractivity contribution in [3.63, 3.8) is 0 Å². The van der Waals surface area contributed by atoms with Gasteiger partial charge in [0, 0.05) is 25.3 Å². The molecule has 1 aliphatic heterocycles. The van der Waals surface area contributed by atoms with Crippen LogP contribution in [0.3, 0.4) is 0 Å². The third kappa shape index (κ3) is 4.58. The molecule has 0 bridgehead atoms. The first-order valence-corrected chi connectivity index (χ1v) is 10.5. The highest BCUT2D eigenvalue weighted by atomic mass is 16.2. The highest BCUT2D eigenvalue weighted by molar-refractivity contribution is 6.05. The van der Waals surface area contributed by atoms with E-state index in [-0.39, 0.29) is 29.2 Å². The number of aromatic nitrogens is 3. The Morgan fingerprint density at radius 2 is 1.87 bits per heavy atom. The number of nitrogens with zero attached hydrogens (tertiary/aromatic N) is 4. The molecule has 8 nitrogen and oxygen atoms in total. The number of carbonyl (C=O) groups excluding carboxylic acids is 2. The molecule has 4 rings (SSSR count). The third-order valence-corrected chi connectivity index (χ3v) is 5.42. The molecule has 31 heavy (non-hydrogen) atoms. The van der Waals surface area contributed by atoms with Crippen molar-refractivity contribution in [3.05, 3.63) is 77.6 Å². The number of rotatable bonds is 8. The molecule has 3 aromatic rings. The lowest BCUT2D eigenvalue weighted by Gasteiger charge is -2.24. The van der Waals surface area contributed by atoms with Gasteiger partial charge >= 0.3 is 0 Å². The molecule has 0 aliphatic carbocycles. The number of benzene rings is 2. The Labute approximate surface area is 181 Å². The van der Waals surface area contributed by atoms with Gasteiger partial charge in [0.15, 0.2) is 11.4 Å². The minimum absolute atomic E-state index is 0.0689. The van der Waals surface area contributed by atoms with E-state index in [0.717, 1.165) is 30.8 Å². The Bertz CT molecular complexity index is 1030. The summed E-state index contributed by atoms with van der Waals surface area (Å²) in [5.74, 6) is -0.714. The highest BCUT2D eigenvalue weighted by Crippen LogP contribution is 2.21. The normalized spacial score (nSPS) is 15.1. The van der Waals surface area contributed by atoms with Gasteiger partial charge in [0.2, 0.25) is 0 Å². The van der Waals surface area contributed by atoms with Crippen molar-refractivity contribution < 1.29 is 9.59 Å². The molecule has 0 fully saturated rings. The van der Waals surface area contributed by atoms with Gasteiger partial charge in [0.25, 0.3) is 11.8 Å². The van der Waals surface area contributed by atoms with Gasteiger partial charge in [-0.1, -0.05) is 53.7 Å². The second-order valence-corrected chi connectivity index (χ2v) is 7.43. The van der Waals surface area contributed by atoms with Crippen molar-refractivity contribution in [2.75, 3.05) is 24.5 Å². The number of anilines is 1. The predicted octanol–water partition coefficient (Wildman–Crippen LogP) is 2.41. The van der Waals surface area contributed by atoms with Crippen LogP contribution in [0.25, 0.3) is 0 Å². The Balaban J connectivity index is 1.34. The molecule has 0 saturated heterocycles. The molecule has 0 spiro atoms. The van der Waals surface area contributed by atoms with E-state index in [1.807, 2.05) is 48.5 Å². The lowest BCUT2D eigenvalue weighted by Crippen LogP contribution is -2.40. The zero-order chi connectivity index (χ0) is 21.6. The first-order valence-electron chi connectivity index (χ1n) is 10.5. The van der Waals surface area contributed by atoms with E-state index in [9.17, 15) is 9.59 Å². The van der Waals surface area contributed by atoms with Crippen LogP contribution in [0.15, 0.2) is 60.7 Å². The summed E-state index contributed by atoms with van der Waals surface area (Å²) in [5, 5.41) is 13.9. The molecule has 0 radical (unpaired) electrons. The minimum atomic E-state index is -0.377. The molecule has 1 aromatic heterocycles. The van der Waals surface area contributed by atoms with Crippen LogP contribution in [0.2, 0.25) is 0 Å². The van der Waals surface area contributed by atoms with Gasteiger partial charge in [-0.05, 0) is 31.0 Å². The average Bonchev–Trinajstić information content (AvgIpc) is 3.25. The van der Waals surface area contributed by atoms with Crippen LogP contribution >= 0.6 is 0 Å². The Hall–Kier alpha value is -3.68. The zero-order valence-electron chi connectivity index (χ0n) is 17.5. The minimum Gasteiger partial charge on any atom is -0.372 e. The summed E-state index contributed by atoms with van der Waals surface area (Å²) in [6.45, 7) is 4.74. The van der Waals surface area contributed by atoms with E-state index in [1.54, 1.807) is 0 Å². The fraction of sp³-hybridized carbons (Fsp3) is 0.304. The van der Waals surface area contributed by atoms with E-state index in [2.05, 4.69) is 44.9 Å². The van der Waals surface area contributed by atoms with Gasteiger partial charge in [0.1, 0.15) is 0 Å². The van der Waals surface area contributed by atoms with Gasteiger partial charge in [-0.25, -0.2) is 4.68 Å². The summed E-state index contributed by atoms with van der Waals surface area (Å²) in [5.41, 5.74) is 2.43. The quantitative estimate of drug-likeness (QED) is 0.548. The molecule has 2 N–H and O–H groups in total. The molecule has 2 heterocycles. The van der Waals surface area contributed by atoms with Gasteiger partial charge in [-0.3, -0.25) is 9.59 Å². The summed E-state index contributed by atoms with van der Waals surface area (Å²) in [6.07, 6.45) is 0.778. The van der Waals surface area contributed by atoms with Crippen molar-refractivity contribution in [1.82, 2.24) is 25.6 Å². The summed E-state index contributed by atoms with van der Waals surface area (Å²) >= 11 is 0. The smallest absolute Gasteiger partial charge is 0.274 e. The Morgan fingerprint density at radius 1 is 1.16 bits per heavy atom. The van der Waals surface area contributed by atoms with E-state index >= 15 is 0 Å². The average molecular weight is 419 g/mol. The maximum Gasteiger partial charge on any atom is 0.274 e. The molecular formula is C23H26N6O2. The summed E-state index contributed by atoms with van der Waals surface area (Å²) in [6, 6.07) is 19.7. The van der Waals surface area contributed by atoms with E-state index < -0.39 is 0 Å². The van der Waals surface area contributed by atoms with Gasteiger partial charge < -0.3 is 15.5 Å². The van der Waals surface area contributed by atoms with E-state index in [1.165, 1.54) is 4.68 Å². The van der Waals surface area contributed by atoms with Crippen LogP contribution in [0.4, 0.5) is 5.69 Å². The van der Waals surface area contributed by atoms with Crippen molar-refractivity contribution in [2.24, 2.45) is 0 Å². The number of hydrogen-bond donors (Lipinski definition) is 2. The summed E-state index contributed by atoms with van der Waals surface area (Å²) < 4.78 is 1.51. The number of hydrogen-bond acceptors (Lipinski definition) is 5. The number of fused-ring (bicyclic) bond motifs is 1. The molecule has 0 unspecified atom stereocenters. The topological polar surface area (TPSA) is 92.2 Å². The lowest BCUT2D eigenvalue weighted by molar-refractivity contribution is 0.0876. The van der Waals surface area contributed by atoms with Crippen LogP contribution in [0.1, 0.15) is 45.9 Å². The third-order valence-electron chi connectivity index (χ3n) is 5.42. The van der Waals surface area contributed by atoms with Crippen molar-refractivity contribution in [3.8, 4) is 0 Å². The van der Waals surface area contributed by atoms with E-state index in [4.69, 9.17) is 0 Å². The maximum atomic E-state index is 12.7. The first-order chi connectivity index (χ1) is 15.2. The molecule has 1 aliphatic rings. The zero-order valence-corrected chi connectivity index (χ0v) is 17.5. The molecule has 1 atom stereocenters. The van der Waals surface area contributed by atoms with Crippen molar-refractivity contribution in [1.29, 1.82) is 0 Å². The van der Waals surface area contributed by atoms with Crippen LogP contribution in [0, 0.1) is 0 Å². The van der Waals surface area contributed by atoms with Crippen LogP contribution in [0.5, 0.6) is 0 Å². The number of nitrogens with one attached hydrogen (secondary N) is 2. The standard InChI is InChI=1S/C23H26N6O2/c1-2-28(18-12-7-4-8-13-18)15-9-14-24-22(30)20-21-23(31)25-19(16-29(21)27-26-20)17-10-5-3-6-11-17/h3-8,10-13,19H,2,9,14-16H2,1H3,(H,24,30)(H,25,31)/t19-/m1/s1. The number of amides is 2. The summed E-state index contributed by atoms with van der Waals surface area (Å²) in [4.78, 5) is 27.6. The second kappa shape index (κ2) is 9.42. The van der Waals surface area contributed by atoms with Gasteiger partial charge in [-0.2, -0.15) is 0 Å². The largest absolute Gasteiger partial charge is 0.372 e. The second-order valence-electron chi connectivity index (χ2n) is 7.43. The number of carbonyl (C=O) groups is 2.